The second-order valence-corrected chi connectivity index (χ2v) is 13.0. The van der Waals surface area contributed by atoms with Gasteiger partial charge in [-0.2, -0.15) is 0 Å². The summed E-state index contributed by atoms with van der Waals surface area (Å²) in [7, 11) is 0. The van der Waals surface area contributed by atoms with E-state index in [1.165, 1.54) is 11.3 Å². The summed E-state index contributed by atoms with van der Waals surface area (Å²) < 4.78 is 18.7. The molecule has 2 heterocycles. The van der Waals surface area contributed by atoms with E-state index in [0.717, 1.165) is 27.8 Å². The molecule has 9 heteroatoms. The highest BCUT2D eigenvalue weighted by Gasteiger charge is 2.35. The van der Waals surface area contributed by atoms with Gasteiger partial charge in [0, 0.05) is 5.56 Å². The van der Waals surface area contributed by atoms with E-state index in [0.29, 0.717) is 51.0 Å². The SMILES string of the molecule is CCOC(=O)C1=C(c2ccccc2)N=c2s/c(=C\c3ccc(OCc4ccc(C(=O)OCC)cc4)cc3)c(=O)n2[C@@H]1c1ccc(C(C)C)cc1. The van der Waals surface area contributed by atoms with Crippen LogP contribution in [0.25, 0.3) is 11.8 Å². The van der Waals surface area contributed by atoms with E-state index in [1.54, 1.807) is 30.5 Å². The summed E-state index contributed by atoms with van der Waals surface area (Å²) in [6.07, 6.45) is 1.83. The predicted octanol–water partition coefficient (Wildman–Crippen LogP) is 6.81. The van der Waals surface area contributed by atoms with Crippen molar-refractivity contribution >= 4 is 35.0 Å². The Morgan fingerprint density at radius 2 is 1.50 bits per heavy atom. The van der Waals surface area contributed by atoms with Crippen molar-refractivity contribution in [2.45, 2.75) is 46.3 Å². The normalized spacial score (nSPS) is 14.3. The largest absolute Gasteiger partial charge is 0.489 e. The molecule has 4 aromatic carbocycles. The third kappa shape index (κ3) is 7.38. The third-order valence-electron chi connectivity index (χ3n) is 8.34. The highest BCUT2D eigenvalue weighted by Crippen LogP contribution is 2.35. The number of benzene rings is 4. The van der Waals surface area contributed by atoms with Crippen LogP contribution in [0.3, 0.4) is 0 Å². The number of carbonyl (C=O) groups excluding carboxylic acids is 2. The first kappa shape index (κ1) is 34.3. The standard InChI is InChI=1S/C41H38N2O6S/c1-5-47-39(45)32-16-12-28(13-17-32)25-49-33-22-14-27(15-23-33)24-34-38(44)43-37(31-20-18-29(19-21-31)26(3)4)35(40(46)48-6-2)36(42-41(43)50-34)30-10-8-7-9-11-30/h7-24,26,37H,5-6,25H2,1-4H3/b34-24-/t37-/m1/s1. The summed E-state index contributed by atoms with van der Waals surface area (Å²) in [5.74, 6) is 0.129. The molecule has 6 rings (SSSR count). The van der Waals surface area contributed by atoms with Gasteiger partial charge in [0.05, 0.1) is 40.6 Å². The smallest absolute Gasteiger partial charge is 0.338 e. The highest BCUT2D eigenvalue weighted by molar-refractivity contribution is 7.07. The maximum absolute atomic E-state index is 14.2. The maximum Gasteiger partial charge on any atom is 0.338 e. The minimum absolute atomic E-state index is 0.190. The van der Waals surface area contributed by atoms with Crippen LogP contribution in [-0.2, 0) is 20.9 Å². The molecule has 0 bridgehead atoms. The van der Waals surface area contributed by atoms with E-state index >= 15 is 0 Å². The van der Waals surface area contributed by atoms with Gasteiger partial charge in [-0.1, -0.05) is 104 Å². The summed E-state index contributed by atoms with van der Waals surface area (Å²) in [5, 5.41) is 0. The Bertz CT molecular complexity index is 2200. The zero-order chi connectivity index (χ0) is 35.2. The van der Waals surface area contributed by atoms with Crippen LogP contribution in [0.5, 0.6) is 5.75 Å². The minimum atomic E-state index is -0.731. The number of nitrogens with zero attached hydrogens (tertiary/aromatic N) is 2. The lowest BCUT2D eigenvalue weighted by Crippen LogP contribution is -2.40. The molecular formula is C41H38N2O6S. The number of thiazole rings is 1. The molecule has 8 nitrogen and oxygen atoms in total. The number of ether oxygens (including phenoxy) is 3. The third-order valence-corrected chi connectivity index (χ3v) is 9.32. The van der Waals surface area contributed by atoms with Crippen LogP contribution < -0.4 is 19.6 Å². The van der Waals surface area contributed by atoms with Crippen LogP contribution >= 0.6 is 11.3 Å². The predicted molar refractivity (Wildman–Crippen MR) is 195 cm³/mol. The van der Waals surface area contributed by atoms with Gasteiger partial charge in [-0.05, 0) is 72.4 Å². The Morgan fingerprint density at radius 3 is 2.14 bits per heavy atom. The van der Waals surface area contributed by atoms with Gasteiger partial charge in [-0.25, -0.2) is 14.6 Å². The summed E-state index contributed by atoms with van der Waals surface area (Å²) in [6.45, 7) is 8.64. The Balaban J connectivity index is 1.35. The lowest BCUT2D eigenvalue weighted by atomic mass is 9.91. The lowest BCUT2D eigenvalue weighted by Gasteiger charge is -2.26. The fourth-order valence-electron chi connectivity index (χ4n) is 5.75. The summed E-state index contributed by atoms with van der Waals surface area (Å²) in [4.78, 5) is 45.3. The number of hydrogen-bond acceptors (Lipinski definition) is 8. The maximum atomic E-state index is 14.2. The Morgan fingerprint density at radius 1 is 0.840 bits per heavy atom. The first-order valence-corrected chi connectivity index (χ1v) is 17.5. The molecule has 0 aliphatic carbocycles. The van der Waals surface area contributed by atoms with E-state index in [4.69, 9.17) is 19.2 Å². The molecule has 5 aromatic rings. The van der Waals surface area contributed by atoms with E-state index in [1.807, 2.05) is 97.1 Å². The second kappa shape index (κ2) is 15.3. The van der Waals surface area contributed by atoms with Crippen molar-refractivity contribution in [1.29, 1.82) is 0 Å². The Labute approximate surface area is 294 Å². The van der Waals surface area contributed by atoms with Crippen molar-refractivity contribution in [2.24, 2.45) is 4.99 Å². The second-order valence-electron chi connectivity index (χ2n) is 12.0. The molecule has 1 aliphatic rings. The fourth-order valence-corrected chi connectivity index (χ4v) is 6.75. The van der Waals surface area contributed by atoms with Crippen LogP contribution in [0.2, 0.25) is 0 Å². The van der Waals surface area contributed by atoms with Gasteiger partial charge in [-0.3, -0.25) is 9.36 Å². The first-order valence-electron chi connectivity index (χ1n) is 16.6. The van der Waals surface area contributed by atoms with Crippen molar-refractivity contribution in [3.63, 3.8) is 0 Å². The minimum Gasteiger partial charge on any atom is -0.489 e. The molecule has 254 valence electrons. The van der Waals surface area contributed by atoms with Gasteiger partial charge in [0.15, 0.2) is 4.80 Å². The van der Waals surface area contributed by atoms with Gasteiger partial charge in [-0.15, -0.1) is 0 Å². The number of aromatic nitrogens is 1. The van der Waals surface area contributed by atoms with Crippen LogP contribution in [0.1, 0.15) is 77.8 Å². The van der Waals surface area contributed by atoms with Crippen molar-refractivity contribution in [3.05, 3.63) is 162 Å². The number of rotatable bonds is 11. The molecule has 0 fully saturated rings. The molecule has 1 aliphatic heterocycles. The van der Waals surface area contributed by atoms with Crippen LogP contribution in [-0.4, -0.2) is 29.7 Å². The molecule has 0 saturated heterocycles. The molecule has 0 saturated carbocycles. The topological polar surface area (TPSA) is 96.2 Å². The van der Waals surface area contributed by atoms with Gasteiger partial charge < -0.3 is 14.2 Å². The zero-order valence-corrected chi connectivity index (χ0v) is 29.2. The molecular weight excluding hydrogens is 649 g/mol. The number of carbonyl (C=O) groups is 2. The first-order chi connectivity index (χ1) is 24.3. The highest BCUT2D eigenvalue weighted by atomic mass is 32.1. The van der Waals surface area contributed by atoms with Gasteiger partial charge >= 0.3 is 11.9 Å². The average Bonchev–Trinajstić information content (AvgIpc) is 3.45. The Kier molecular flexibility index (Phi) is 10.5. The lowest BCUT2D eigenvalue weighted by molar-refractivity contribution is -0.138. The van der Waals surface area contributed by atoms with Crippen molar-refractivity contribution in [1.82, 2.24) is 4.57 Å². The van der Waals surface area contributed by atoms with Gasteiger partial charge in [0.1, 0.15) is 12.4 Å². The zero-order valence-electron chi connectivity index (χ0n) is 28.4. The van der Waals surface area contributed by atoms with Crippen molar-refractivity contribution in [2.75, 3.05) is 13.2 Å². The summed E-state index contributed by atoms with van der Waals surface area (Å²) >= 11 is 1.28. The quantitative estimate of drug-likeness (QED) is 0.142. The molecule has 0 spiro atoms. The number of esters is 2. The monoisotopic (exact) mass is 686 g/mol. The summed E-state index contributed by atoms with van der Waals surface area (Å²) in [5.41, 5.74) is 5.51. The molecule has 0 radical (unpaired) electrons. The molecule has 0 amide bonds. The average molecular weight is 687 g/mol. The molecule has 50 heavy (non-hydrogen) atoms. The molecule has 1 aromatic heterocycles. The fraction of sp³-hybridized carbons (Fsp3) is 0.220. The van der Waals surface area contributed by atoms with E-state index in [9.17, 15) is 14.4 Å². The van der Waals surface area contributed by atoms with E-state index in [2.05, 4.69) is 13.8 Å². The van der Waals surface area contributed by atoms with Crippen LogP contribution in [0.4, 0.5) is 0 Å². The summed E-state index contributed by atoms with van der Waals surface area (Å²) in [6, 6.07) is 31.4. The van der Waals surface area contributed by atoms with Crippen molar-refractivity contribution in [3.8, 4) is 5.75 Å². The molecule has 1 atom stereocenters. The number of hydrogen-bond donors (Lipinski definition) is 0. The van der Waals surface area contributed by atoms with Crippen LogP contribution in [0.15, 0.2) is 118 Å². The van der Waals surface area contributed by atoms with Gasteiger partial charge in [0.2, 0.25) is 0 Å². The van der Waals surface area contributed by atoms with E-state index < -0.39 is 12.0 Å². The van der Waals surface area contributed by atoms with E-state index in [-0.39, 0.29) is 18.1 Å². The van der Waals surface area contributed by atoms with Crippen LogP contribution in [0, 0.1) is 0 Å². The molecule has 0 unspecified atom stereocenters. The van der Waals surface area contributed by atoms with Crippen molar-refractivity contribution < 1.29 is 23.8 Å². The Hall–Kier alpha value is -5.54. The molecule has 0 N–H and O–H groups in total. The van der Waals surface area contributed by atoms with Gasteiger partial charge in [0.25, 0.3) is 5.56 Å². The number of fused-ring (bicyclic) bond motifs is 1.